The Morgan fingerprint density at radius 3 is 2.58 bits per heavy atom. The molecule has 0 bridgehead atoms. The maximum Gasteiger partial charge on any atom is 0.323 e. The van der Waals surface area contributed by atoms with Crippen LogP contribution in [0.25, 0.3) is 0 Å². The first kappa shape index (κ1) is 17.1. The van der Waals surface area contributed by atoms with Gasteiger partial charge in [0, 0.05) is 11.6 Å². The zero-order chi connectivity index (χ0) is 17.9. The van der Waals surface area contributed by atoms with Gasteiger partial charge < -0.3 is 19.9 Å². The van der Waals surface area contributed by atoms with E-state index in [0.717, 1.165) is 29.9 Å². The summed E-state index contributed by atoms with van der Waals surface area (Å²) in [7, 11) is 0. The molecule has 0 spiro atoms. The first-order valence-corrected chi connectivity index (χ1v) is 9.44. The number of aryl methyl sites for hydroxylation is 1. The molecule has 0 atom stereocenters. The van der Waals surface area contributed by atoms with Gasteiger partial charge in [0.1, 0.15) is 11.4 Å². The molecule has 2 aromatic rings. The van der Waals surface area contributed by atoms with Crippen LogP contribution in [0, 0.1) is 6.92 Å². The minimum Gasteiger partial charge on any atom is -0.374 e. The van der Waals surface area contributed by atoms with Crippen molar-refractivity contribution in [2.75, 3.05) is 10.6 Å². The Morgan fingerprint density at radius 1 is 1.15 bits per heavy atom. The maximum atomic E-state index is 12.3. The first-order chi connectivity index (χ1) is 12.7. The predicted molar refractivity (Wildman–Crippen MR) is 99.3 cm³/mol. The quantitative estimate of drug-likeness (QED) is 0.767. The van der Waals surface area contributed by atoms with Crippen molar-refractivity contribution in [3.8, 4) is 0 Å². The molecule has 2 amide bonds. The molecule has 6 heteroatoms. The van der Waals surface area contributed by atoms with Crippen LogP contribution in [0.15, 0.2) is 28.8 Å². The number of carbonyl (C=O) groups is 1. The average Bonchev–Trinajstić information content (AvgIpc) is 3.22. The molecule has 0 radical (unpaired) electrons. The molecular weight excluding hydrogens is 330 g/mol. The van der Waals surface area contributed by atoms with Gasteiger partial charge in [-0.3, -0.25) is 0 Å². The van der Waals surface area contributed by atoms with E-state index in [9.17, 15) is 4.79 Å². The summed E-state index contributed by atoms with van der Waals surface area (Å²) >= 11 is 0. The zero-order valence-electron chi connectivity index (χ0n) is 15.1. The number of rotatable bonds is 6. The molecule has 2 fully saturated rings. The monoisotopic (exact) mass is 355 g/mol. The summed E-state index contributed by atoms with van der Waals surface area (Å²) in [5.41, 5.74) is 3.27. The van der Waals surface area contributed by atoms with E-state index in [-0.39, 0.29) is 6.03 Å². The number of amides is 2. The van der Waals surface area contributed by atoms with Crippen molar-refractivity contribution >= 4 is 17.4 Å². The fourth-order valence-electron chi connectivity index (χ4n) is 3.39. The smallest absolute Gasteiger partial charge is 0.323 e. The van der Waals surface area contributed by atoms with Gasteiger partial charge in [-0.1, -0.05) is 30.1 Å². The predicted octanol–water partition coefficient (Wildman–Crippen LogP) is 4.96. The molecule has 2 aliphatic carbocycles. The minimum absolute atomic E-state index is 0.284. The van der Waals surface area contributed by atoms with E-state index in [1.165, 1.54) is 25.7 Å². The van der Waals surface area contributed by atoms with Gasteiger partial charge in [-0.2, -0.15) is 0 Å². The summed E-state index contributed by atoms with van der Waals surface area (Å²) < 4.78 is 11.3. The number of anilines is 2. The van der Waals surface area contributed by atoms with Crippen LogP contribution in [0.1, 0.15) is 61.5 Å². The molecule has 0 saturated heterocycles. The second-order valence-corrected chi connectivity index (χ2v) is 7.28. The second-order valence-electron chi connectivity index (χ2n) is 7.28. The number of carbonyl (C=O) groups excluding carboxylic acids is 1. The lowest BCUT2D eigenvalue weighted by Gasteiger charge is -2.12. The SMILES string of the molecule is Cc1noc(C2CC2)c1NC(=O)Nc1ccc(COC2CCCC2)cc1. The standard InChI is InChI=1S/C20H25N3O3/c1-13-18(19(26-23-13)15-8-9-15)22-20(24)21-16-10-6-14(7-11-16)12-25-17-4-2-3-5-17/h6-7,10-11,15,17H,2-5,8-9,12H2,1H3,(H2,21,22,24). The van der Waals surface area contributed by atoms with Gasteiger partial charge in [-0.25, -0.2) is 4.79 Å². The van der Waals surface area contributed by atoms with Crippen LogP contribution in [0.3, 0.4) is 0 Å². The largest absolute Gasteiger partial charge is 0.374 e. The van der Waals surface area contributed by atoms with Crippen LogP contribution in [0.2, 0.25) is 0 Å². The average molecular weight is 355 g/mol. The van der Waals surface area contributed by atoms with Crippen LogP contribution < -0.4 is 10.6 Å². The Bertz CT molecular complexity index is 759. The Balaban J connectivity index is 1.30. The van der Waals surface area contributed by atoms with E-state index in [1.54, 1.807) is 0 Å². The van der Waals surface area contributed by atoms with Crippen LogP contribution in [-0.4, -0.2) is 17.3 Å². The maximum absolute atomic E-state index is 12.3. The van der Waals surface area contributed by atoms with Gasteiger partial charge in [0.25, 0.3) is 0 Å². The lowest BCUT2D eigenvalue weighted by atomic mass is 10.2. The van der Waals surface area contributed by atoms with E-state index in [4.69, 9.17) is 9.26 Å². The van der Waals surface area contributed by atoms with Crippen molar-refractivity contribution in [2.45, 2.75) is 64.1 Å². The normalized spacial score (nSPS) is 17.4. The van der Waals surface area contributed by atoms with Crippen molar-refractivity contribution in [1.29, 1.82) is 0 Å². The van der Waals surface area contributed by atoms with E-state index >= 15 is 0 Å². The van der Waals surface area contributed by atoms with Crippen molar-refractivity contribution in [2.24, 2.45) is 0 Å². The molecule has 0 aliphatic heterocycles. The molecule has 26 heavy (non-hydrogen) atoms. The molecule has 1 aromatic heterocycles. The van der Waals surface area contributed by atoms with E-state index < -0.39 is 0 Å². The number of hydrogen-bond acceptors (Lipinski definition) is 4. The molecule has 6 nitrogen and oxygen atoms in total. The zero-order valence-corrected chi connectivity index (χ0v) is 15.1. The lowest BCUT2D eigenvalue weighted by Crippen LogP contribution is -2.20. The Labute approximate surface area is 153 Å². The van der Waals surface area contributed by atoms with Gasteiger partial charge in [-0.15, -0.1) is 0 Å². The Morgan fingerprint density at radius 2 is 1.88 bits per heavy atom. The first-order valence-electron chi connectivity index (χ1n) is 9.44. The third-order valence-electron chi connectivity index (χ3n) is 5.08. The topological polar surface area (TPSA) is 76.4 Å². The molecule has 2 saturated carbocycles. The molecule has 1 aromatic carbocycles. The molecule has 0 unspecified atom stereocenters. The molecular formula is C20H25N3O3. The van der Waals surface area contributed by atoms with Gasteiger partial charge in [0.05, 0.1) is 12.7 Å². The number of ether oxygens (including phenoxy) is 1. The lowest BCUT2D eigenvalue weighted by molar-refractivity contribution is 0.0457. The highest BCUT2D eigenvalue weighted by atomic mass is 16.5. The third kappa shape index (κ3) is 4.07. The molecule has 1 heterocycles. The van der Waals surface area contributed by atoms with Crippen LogP contribution >= 0.6 is 0 Å². The Hall–Kier alpha value is -2.34. The van der Waals surface area contributed by atoms with E-state index in [0.29, 0.717) is 30.0 Å². The number of aromatic nitrogens is 1. The fourth-order valence-corrected chi connectivity index (χ4v) is 3.39. The highest BCUT2D eigenvalue weighted by Crippen LogP contribution is 2.44. The van der Waals surface area contributed by atoms with E-state index in [2.05, 4.69) is 15.8 Å². The number of hydrogen-bond donors (Lipinski definition) is 2. The van der Waals surface area contributed by atoms with Crippen LogP contribution in [0.5, 0.6) is 0 Å². The van der Waals surface area contributed by atoms with Crippen LogP contribution in [-0.2, 0) is 11.3 Å². The fraction of sp³-hybridized carbons (Fsp3) is 0.500. The van der Waals surface area contributed by atoms with Gasteiger partial charge in [0.15, 0.2) is 5.76 Å². The molecule has 138 valence electrons. The summed E-state index contributed by atoms with van der Waals surface area (Å²) in [6.07, 6.45) is 7.49. The van der Waals surface area contributed by atoms with E-state index in [1.807, 2.05) is 31.2 Å². The number of benzene rings is 1. The van der Waals surface area contributed by atoms with Gasteiger partial charge >= 0.3 is 6.03 Å². The van der Waals surface area contributed by atoms with Gasteiger partial charge in [-0.05, 0) is 50.3 Å². The summed E-state index contributed by atoms with van der Waals surface area (Å²) in [4.78, 5) is 12.3. The highest BCUT2D eigenvalue weighted by Gasteiger charge is 2.32. The number of nitrogens with one attached hydrogen (secondary N) is 2. The molecule has 4 rings (SSSR count). The van der Waals surface area contributed by atoms with Gasteiger partial charge in [0.2, 0.25) is 0 Å². The number of urea groups is 1. The van der Waals surface area contributed by atoms with Crippen molar-refractivity contribution in [3.63, 3.8) is 0 Å². The molecule has 2 aliphatic rings. The van der Waals surface area contributed by atoms with Crippen molar-refractivity contribution < 1.29 is 14.1 Å². The van der Waals surface area contributed by atoms with Crippen molar-refractivity contribution in [3.05, 3.63) is 41.3 Å². The summed E-state index contributed by atoms with van der Waals surface area (Å²) in [6.45, 7) is 2.46. The summed E-state index contributed by atoms with van der Waals surface area (Å²) in [6, 6.07) is 7.49. The summed E-state index contributed by atoms with van der Waals surface area (Å²) in [5.74, 6) is 1.18. The second kappa shape index (κ2) is 7.50. The Kier molecular flexibility index (Phi) is 4.93. The van der Waals surface area contributed by atoms with Crippen molar-refractivity contribution in [1.82, 2.24) is 5.16 Å². The minimum atomic E-state index is -0.284. The number of nitrogens with zero attached hydrogens (tertiary/aromatic N) is 1. The summed E-state index contributed by atoms with van der Waals surface area (Å²) in [5, 5.41) is 9.70. The highest BCUT2D eigenvalue weighted by molar-refractivity contribution is 6.00. The third-order valence-corrected chi connectivity index (χ3v) is 5.08. The molecule has 2 N–H and O–H groups in total. The van der Waals surface area contributed by atoms with Crippen LogP contribution in [0.4, 0.5) is 16.2 Å².